The molecule has 1 aliphatic heterocycles. The number of furan rings is 1. The van der Waals surface area contributed by atoms with Crippen molar-refractivity contribution in [1.82, 2.24) is 10.2 Å². The lowest BCUT2D eigenvalue weighted by Gasteiger charge is -2.27. The maximum Gasteiger partial charge on any atom is 0.255 e. The fourth-order valence-corrected chi connectivity index (χ4v) is 4.46. The molecule has 6 heteroatoms. The highest BCUT2D eigenvalue weighted by molar-refractivity contribution is 9.10. The van der Waals surface area contributed by atoms with Crippen molar-refractivity contribution in [1.29, 1.82) is 0 Å². The summed E-state index contributed by atoms with van der Waals surface area (Å²) in [4.78, 5) is 15.2. The lowest BCUT2D eigenvalue weighted by atomic mass is 10.1. The summed E-state index contributed by atoms with van der Waals surface area (Å²) in [5, 5.41) is 7.47. The van der Waals surface area contributed by atoms with E-state index in [0.29, 0.717) is 5.56 Å². The highest BCUT2D eigenvalue weighted by Crippen LogP contribution is 2.33. The van der Waals surface area contributed by atoms with Gasteiger partial charge in [-0.05, 0) is 48.0 Å². The van der Waals surface area contributed by atoms with Gasteiger partial charge in [-0.15, -0.1) is 0 Å². The van der Waals surface area contributed by atoms with E-state index in [0.717, 1.165) is 65.2 Å². The zero-order chi connectivity index (χ0) is 21.9. The second-order valence-corrected chi connectivity index (χ2v) is 8.93. The van der Waals surface area contributed by atoms with Crippen LogP contribution in [0.5, 0.6) is 0 Å². The first-order valence-corrected chi connectivity index (χ1v) is 11.6. The maximum atomic E-state index is 12.8. The standard InChI is InChI=1S/C26H24BrN3O2/c27-21-5-3-4-20(15-21)26(31)29-23-7-2-1-6-22(23)25-16-19-9-8-18(14-24(19)32-25)17-30-12-10-28-11-13-30/h1-9,14-16,28H,10-13,17H2,(H,29,31). The van der Waals surface area contributed by atoms with E-state index in [1.807, 2.05) is 42.5 Å². The minimum absolute atomic E-state index is 0.159. The summed E-state index contributed by atoms with van der Waals surface area (Å²) in [5.74, 6) is 0.581. The predicted octanol–water partition coefficient (Wildman–Crippen LogP) is 5.52. The Morgan fingerprint density at radius 1 is 1.00 bits per heavy atom. The zero-order valence-corrected chi connectivity index (χ0v) is 19.2. The average molecular weight is 490 g/mol. The molecule has 0 saturated carbocycles. The van der Waals surface area contributed by atoms with E-state index >= 15 is 0 Å². The molecule has 4 aromatic rings. The first-order chi connectivity index (χ1) is 15.7. The largest absolute Gasteiger partial charge is 0.456 e. The zero-order valence-electron chi connectivity index (χ0n) is 17.6. The van der Waals surface area contributed by atoms with Crippen LogP contribution in [0.2, 0.25) is 0 Å². The molecule has 0 spiro atoms. The number of benzene rings is 3. The molecule has 1 aromatic heterocycles. The molecule has 1 aliphatic rings. The van der Waals surface area contributed by atoms with Gasteiger partial charge in [0.25, 0.3) is 5.91 Å². The number of fused-ring (bicyclic) bond motifs is 1. The van der Waals surface area contributed by atoms with Gasteiger partial charge in [-0.25, -0.2) is 0 Å². The normalized spacial score (nSPS) is 14.5. The third-order valence-corrected chi connectivity index (χ3v) is 6.22. The molecule has 1 fully saturated rings. The van der Waals surface area contributed by atoms with Crippen LogP contribution in [0.3, 0.4) is 0 Å². The predicted molar refractivity (Wildman–Crippen MR) is 132 cm³/mol. The number of nitrogens with zero attached hydrogens (tertiary/aromatic N) is 1. The van der Waals surface area contributed by atoms with Gasteiger partial charge in [-0.3, -0.25) is 9.69 Å². The molecule has 5 nitrogen and oxygen atoms in total. The Morgan fingerprint density at radius 3 is 2.69 bits per heavy atom. The van der Waals surface area contributed by atoms with Gasteiger partial charge in [-0.1, -0.05) is 46.3 Å². The van der Waals surface area contributed by atoms with Crippen LogP contribution in [0.15, 0.2) is 81.7 Å². The topological polar surface area (TPSA) is 57.5 Å². The molecule has 162 valence electrons. The summed E-state index contributed by atoms with van der Waals surface area (Å²) in [6.45, 7) is 5.12. The Kier molecular flexibility index (Phi) is 6.08. The van der Waals surface area contributed by atoms with E-state index in [1.165, 1.54) is 5.56 Å². The molecule has 32 heavy (non-hydrogen) atoms. The summed E-state index contributed by atoms with van der Waals surface area (Å²) in [6.07, 6.45) is 0. The number of piperazine rings is 1. The van der Waals surface area contributed by atoms with Crippen molar-refractivity contribution in [2.24, 2.45) is 0 Å². The van der Waals surface area contributed by atoms with Gasteiger partial charge in [-0.2, -0.15) is 0 Å². The Balaban J connectivity index is 1.40. The van der Waals surface area contributed by atoms with Gasteiger partial charge in [0, 0.05) is 53.7 Å². The molecule has 2 N–H and O–H groups in total. The van der Waals surface area contributed by atoms with Crippen LogP contribution >= 0.6 is 15.9 Å². The highest BCUT2D eigenvalue weighted by Gasteiger charge is 2.15. The summed E-state index contributed by atoms with van der Waals surface area (Å²) in [5.41, 5.74) is 4.28. The number of anilines is 1. The second kappa shape index (κ2) is 9.28. The van der Waals surface area contributed by atoms with E-state index in [9.17, 15) is 4.79 Å². The number of hydrogen-bond donors (Lipinski definition) is 2. The van der Waals surface area contributed by atoms with Crippen molar-refractivity contribution < 1.29 is 9.21 Å². The monoisotopic (exact) mass is 489 g/mol. The van der Waals surface area contributed by atoms with Gasteiger partial charge in [0.1, 0.15) is 11.3 Å². The lowest BCUT2D eigenvalue weighted by molar-refractivity contribution is 0.102. The van der Waals surface area contributed by atoms with Crippen molar-refractivity contribution in [3.8, 4) is 11.3 Å². The van der Waals surface area contributed by atoms with E-state index in [1.54, 1.807) is 12.1 Å². The maximum absolute atomic E-state index is 12.8. The number of para-hydroxylation sites is 1. The van der Waals surface area contributed by atoms with Crippen molar-refractivity contribution in [3.05, 3.63) is 88.4 Å². The Labute approximate surface area is 195 Å². The van der Waals surface area contributed by atoms with Crippen LogP contribution in [-0.2, 0) is 6.54 Å². The third-order valence-electron chi connectivity index (χ3n) is 5.73. The van der Waals surface area contributed by atoms with Gasteiger partial charge in [0.15, 0.2) is 0 Å². The van der Waals surface area contributed by atoms with Crippen LogP contribution in [0, 0.1) is 0 Å². The number of carbonyl (C=O) groups is 1. The average Bonchev–Trinajstić information content (AvgIpc) is 3.23. The molecule has 5 rings (SSSR count). The summed E-state index contributed by atoms with van der Waals surface area (Å²) >= 11 is 3.42. The van der Waals surface area contributed by atoms with Crippen molar-refractivity contribution in [2.75, 3.05) is 31.5 Å². The second-order valence-electron chi connectivity index (χ2n) is 8.02. The van der Waals surface area contributed by atoms with Gasteiger partial charge in [0.2, 0.25) is 0 Å². The van der Waals surface area contributed by atoms with E-state index < -0.39 is 0 Å². The van der Waals surface area contributed by atoms with Crippen LogP contribution in [-0.4, -0.2) is 37.0 Å². The molecule has 0 atom stereocenters. The summed E-state index contributed by atoms with van der Waals surface area (Å²) < 4.78 is 7.11. The number of halogens is 1. The minimum atomic E-state index is -0.159. The molecule has 0 radical (unpaired) electrons. The van der Waals surface area contributed by atoms with Crippen molar-refractivity contribution in [2.45, 2.75) is 6.54 Å². The number of amides is 1. The molecule has 0 bridgehead atoms. The van der Waals surface area contributed by atoms with E-state index in [4.69, 9.17) is 4.42 Å². The molecule has 0 unspecified atom stereocenters. The van der Waals surface area contributed by atoms with Crippen molar-refractivity contribution >= 4 is 38.5 Å². The molecule has 1 saturated heterocycles. The number of hydrogen-bond acceptors (Lipinski definition) is 4. The summed E-state index contributed by atoms with van der Waals surface area (Å²) in [6, 6.07) is 23.5. The first-order valence-electron chi connectivity index (χ1n) is 10.8. The third kappa shape index (κ3) is 4.63. The minimum Gasteiger partial charge on any atom is -0.456 e. The van der Waals surface area contributed by atoms with Gasteiger partial charge in [0.05, 0.1) is 5.69 Å². The molecule has 1 amide bonds. The SMILES string of the molecule is O=C(Nc1ccccc1-c1cc2ccc(CN3CCNCC3)cc2o1)c1cccc(Br)c1. The Hall–Kier alpha value is -2.93. The fraction of sp³-hybridized carbons (Fsp3) is 0.192. The number of carbonyl (C=O) groups excluding carboxylic acids is 1. The van der Waals surface area contributed by atoms with Crippen LogP contribution < -0.4 is 10.6 Å². The van der Waals surface area contributed by atoms with Gasteiger partial charge < -0.3 is 15.1 Å². The molecule has 0 aliphatic carbocycles. The highest BCUT2D eigenvalue weighted by atomic mass is 79.9. The fourth-order valence-electron chi connectivity index (χ4n) is 4.07. The van der Waals surface area contributed by atoms with Crippen LogP contribution in [0.25, 0.3) is 22.3 Å². The van der Waals surface area contributed by atoms with Gasteiger partial charge >= 0.3 is 0 Å². The van der Waals surface area contributed by atoms with Crippen LogP contribution in [0.1, 0.15) is 15.9 Å². The quantitative estimate of drug-likeness (QED) is 0.387. The molecular formula is C26H24BrN3O2. The Bertz CT molecular complexity index is 1260. The number of rotatable bonds is 5. The summed E-state index contributed by atoms with van der Waals surface area (Å²) in [7, 11) is 0. The smallest absolute Gasteiger partial charge is 0.255 e. The van der Waals surface area contributed by atoms with E-state index in [-0.39, 0.29) is 5.91 Å². The van der Waals surface area contributed by atoms with Crippen molar-refractivity contribution in [3.63, 3.8) is 0 Å². The first kappa shape index (κ1) is 20.9. The Morgan fingerprint density at radius 2 is 1.84 bits per heavy atom. The molecular weight excluding hydrogens is 466 g/mol. The molecule has 2 heterocycles. The number of nitrogens with one attached hydrogen (secondary N) is 2. The van der Waals surface area contributed by atoms with Crippen LogP contribution in [0.4, 0.5) is 5.69 Å². The van der Waals surface area contributed by atoms with E-state index in [2.05, 4.69) is 49.7 Å². The molecule has 3 aromatic carbocycles. The lowest BCUT2D eigenvalue weighted by Crippen LogP contribution is -2.42.